The molecule has 0 amide bonds. The number of carbonyl (C=O) groups excluding carboxylic acids is 2. The molecule has 0 radical (unpaired) electrons. The molecule has 1 unspecified atom stereocenters. The molecule has 0 saturated heterocycles. The molecule has 0 bridgehead atoms. The fourth-order valence-corrected chi connectivity index (χ4v) is 8.51. The Labute approximate surface area is 316 Å². The van der Waals surface area contributed by atoms with Gasteiger partial charge in [-0.3, -0.25) is 4.79 Å². The number of hydrogen-bond donors (Lipinski definition) is 0. The first-order chi connectivity index (χ1) is 25.1. The van der Waals surface area contributed by atoms with E-state index in [0.29, 0.717) is 28.6 Å². The Hall–Kier alpha value is -4.39. The molecule has 0 saturated carbocycles. The van der Waals surface area contributed by atoms with E-state index in [-0.39, 0.29) is 5.78 Å². The topological polar surface area (TPSA) is 60.7 Å². The van der Waals surface area contributed by atoms with E-state index in [9.17, 15) is 9.59 Å². The molecule has 0 aliphatic rings. The predicted molar refractivity (Wildman–Crippen MR) is 219 cm³/mol. The average molecular weight is 731 g/mol. The smallest absolute Gasteiger partial charge is 0.331 e. The molecule has 52 heavy (non-hydrogen) atoms. The van der Waals surface area contributed by atoms with Crippen LogP contribution in [0.25, 0.3) is 32.6 Å². The third-order valence-electron chi connectivity index (χ3n) is 10.0. The lowest BCUT2D eigenvalue weighted by atomic mass is 9.89. The van der Waals surface area contributed by atoms with E-state index in [1.807, 2.05) is 44.2 Å². The molecular formula is C45H47ClN2O3S. The first-order valence-corrected chi connectivity index (χ1v) is 19.7. The van der Waals surface area contributed by atoms with Gasteiger partial charge in [0, 0.05) is 73.9 Å². The number of aryl methyl sites for hydroxylation is 3. The van der Waals surface area contributed by atoms with Gasteiger partial charge < -0.3 is 9.40 Å². The maximum absolute atomic E-state index is 14.6. The second-order valence-electron chi connectivity index (χ2n) is 13.9. The second kappa shape index (κ2) is 16.5. The van der Waals surface area contributed by atoms with Gasteiger partial charge in [0.05, 0.1) is 11.2 Å². The Bertz CT molecular complexity index is 2280. The van der Waals surface area contributed by atoms with Gasteiger partial charge in [-0.25, -0.2) is 4.79 Å². The zero-order valence-electron chi connectivity index (χ0n) is 31.0. The van der Waals surface area contributed by atoms with Crippen LogP contribution in [-0.2, 0) is 16.2 Å². The third-order valence-corrected chi connectivity index (χ3v) is 11.3. The van der Waals surface area contributed by atoms with E-state index >= 15 is 0 Å². The van der Waals surface area contributed by atoms with Gasteiger partial charge in [-0.2, -0.15) is 0 Å². The quantitative estimate of drug-likeness (QED) is 0.0368. The van der Waals surface area contributed by atoms with Crippen molar-refractivity contribution in [3.8, 4) is 0 Å². The van der Waals surface area contributed by atoms with E-state index in [4.69, 9.17) is 16.4 Å². The summed E-state index contributed by atoms with van der Waals surface area (Å²) in [6.45, 7) is 12.9. The van der Waals surface area contributed by atoms with Gasteiger partial charge in [0.15, 0.2) is 5.78 Å². The number of aromatic nitrogens is 1. The Balaban J connectivity index is 1.55. The Morgan fingerprint density at radius 2 is 1.58 bits per heavy atom. The van der Waals surface area contributed by atoms with Gasteiger partial charge in [0.25, 0.3) is 0 Å². The summed E-state index contributed by atoms with van der Waals surface area (Å²) in [6, 6.07) is 28.9. The SMILES string of the molecule is CCCCC(CC)Cn1c2ccc(/C(CCSc3ccc(Cl)cc3)=N\OC(C)=O)cc2c2cc(C(=O)c3c(C)cc(C)cc3C)c3ccccc3c21. The number of ketones is 1. The lowest BCUT2D eigenvalue weighted by Gasteiger charge is -2.19. The van der Waals surface area contributed by atoms with E-state index < -0.39 is 5.97 Å². The van der Waals surface area contributed by atoms with Gasteiger partial charge in [0.1, 0.15) is 0 Å². The first kappa shape index (κ1) is 37.4. The van der Waals surface area contributed by atoms with Crippen LogP contribution in [0.1, 0.15) is 91.1 Å². The van der Waals surface area contributed by atoms with Gasteiger partial charge >= 0.3 is 5.97 Å². The minimum absolute atomic E-state index is 0.0378. The largest absolute Gasteiger partial charge is 0.340 e. The number of nitrogens with zero attached hydrogens (tertiary/aromatic N) is 2. The van der Waals surface area contributed by atoms with Crippen molar-refractivity contribution >= 4 is 73.4 Å². The summed E-state index contributed by atoms with van der Waals surface area (Å²) in [6.07, 6.45) is 5.19. The normalized spacial score (nSPS) is 12.6. The molecule has 1 aromatic heterocycles. The number of fused-ring (bicyclic) bond motifs is 5. The van der Waals surface area contributed by atoms with Crippen molar-refractivity contribution < 1.29 is 14.4 Å². The van der Waals surface area contributed by atoms with Gasteiger partial charge in [-0.05, 0) is 92.1 Å². The Kier molecular flexibility index (Phi) is 11.9. The highest BCUT2D eigenvalue weighted by Gasteiger charge is 2.24. The van der Waals surface area contributed by atoms with Crippen molar-refractivity contribution in [3.05, 3.63) is 123 Å². The number of benzene rings is 5. The minimum Gasteiger partial charge on any atom is -0.340 e. The number of unbranched alkanes of at least 4 members (excludes halogenated alkanes) is 1. The van der Waals surface area contributed by atoms with Crippen molar-refractivity contribution in [1.29, 1.82) is 0 Å². The molecule has 0 N–H and O–H groups in total. The highest BCUT2D eigenvalue weighted by molar-refractivity contribution is 7.99. The number of thioether (sulfide) groups is 1. The van der Waals surface area contributed by atoms with Crippen molar-refractivity contribution in [2.75, 3.05) is 5.75 Å². The fraction of sp³-hybridized carbons (Fsp3) is 0.311. The standard InChI is InChI=1S/C45H47ClN2O3S/c1-7-9-12-32(8-2)27-48-42-20-15-33(41(47-51-31(6)49)21-22-52-35-18-16-34(46)17-19-35)25-38(42)39-26-40(36-13-10-11-14-37(36)44(39)48)45(50)43-29(4)23-28(3)24-30(43)5/h10-11,13-20,23-26,32H,7-9,12,21-22,27H2,1-6H3/b47-41-. The minimum atomic E-state index is -0.463. The third kappa shape index (κ3) is 7.99. The van der Waals surface area contributed by atoms with E-state index in [0.717, 1.165) is 90.4 Å². The maximum Gasteiger partial charge on any atom is 0.331 e. The molecule has 1 heterocycles. The summed E-state index contributed by atoms with van der Waals surface area (Å²) >= 11 is 7.81. The molecule has 0 aliphatic carbocycles. The van der Waals surface area contributed by atoms with Gasteiger partial charge in [0.2, 0.25) is 0 Å². The summed E-state index contributed by atoms with van der Waals surface area (Å²) < 4.78 is 2.48. The number of carbonyl (C=O) groups is 2. The molecule has 268 valence electrons. The monoisotopic (exact) mass is 730 g/mol. The zero-order chi connectivity index (χ0) is 36.9. The van der Waals surface area contributed by atoms with Crippen LogP contribution in [0.4, 0.5) is 0 Å². The lowest BCUT2D eigenvalue weighted by Crippen LogP contribution is -2.11. The maximum atomic E-state index is 14.6. The summed E-state index contributed by atoms with van der Waals surface area (Å²) in [5, 5.41) is 9.18. The lowest BCUT2D eigenvalue weighted by molar-refractivity contribution is -0.140. The molecule has 0 aliphatic heterocycles. The molecule has 5 nitrogen and oxygen atoms in total. The molecule has 7 heteroatoms. The van der Waals surface area contributed by atoms with Crippen LogP contribution in [0.5, 0.6) is 0 Å². The van der Waals surface area contributed by atoms with Crippen LogP contribution >= 0.6 is 23.4 Å². The van der Waals surface area contributed by atoms with Crippen LogP contribution in [0.2, 0.25) is 5.02 Å². The number of hydrogen-bond acceptors (Lipinski definition) is 5. The molecule has 0 spiro atoms. The molecule has 1 atom stereocenters. The van der Waals surface area contributed by atoms with Gasteiger partial charge in [-0.15, -0.1) is 11.8 Å². The number of halogens is 1. The van der Waals surface area contributed by atoms with E-state index in [1.54, 1.807) is 11.8 Å². The average Bonchev–Trinajstić information content (AvgIpc) is 3.43. The summed E-state index contributed by atoms with van der Waals surface area (Å²) in [7, 11) is 0. The summed E-state index contributed by atoms with van der Waals surface area (Å²) in [5.41, 5.74) is 8.42. The molecule has 6 aromatic rings. The summed E-state index contributed by atoms with van der Waals surface area (Å²) in [4.78, 5) is 32.9. The molecule has 0 fully saturated rings. The van der Waals surface area contributed by atoms with Crippen molar-refractivity contribution in [1.82, 2.24) is 4.57 Å². The highest BCUT2D eigenvalue weighted by atomic mass is 35.5. The summed E-state index contributed by atoms with van der Waals surface area (Å²) in [5.74, 6) is 0.822. The van der Waals surface area contributed by atoms with E-state index in [1.165, 1.54) is 19.8 Å². The first-order valence-electron chi connectivity index (χ1n) is 18.3. The van der Waals surface area contributed by atoms with Crippen molar-refractivity contribution in [2.45, 2.75) is 85.1 Å². The zero-order valence-corrected chi connectivity index (χ0v) is 32.6. The van der Waals surface area contributed by atoms with Gasteiger partial charge in [-0.1, -0.05) is 97.9 Å². The van der Waals surface area contributed by atoms with Crippen LogP contribution in [0.3, 0.4) is 0 Å². The van der Waals surface area contributed by atoms with Crippen LogP contribution in [0.15, 0.2) is 95.0 Å². The molecule has 6 rings (SSSR count). The highest BCUT2D eigenvalue weighted by Crippen LogP contribution is 2.39. The molecule has 5 aromatic carbocycles. The Morgan fingerprint density at radius 3 is 2.25 bits per heavy atom. The van der Waals surface area contributed by atoms with Crippen LogP contribution in [-0.4, -0.2) is 27.8 Å². The van der Waals surface area contributed by atoms with Crippen molar-refractivity contribution in [2.24, 2.45) is 11.1 Å². The number of oxime groups is 1. The van der Waals surface area contributed by atoms with Crippen LogP contribution in [0, 0.1) is 26.7 Å². The Morgan fingerprint density at radius 1 is 0.865 bits per heavy atom. The molecular weight excluding hydrogens is 684 g/mol. The van der Waals surface area contributed by atoms with E-state index in [2.05, 4.69) is 85.1 Å². The van der Waals surface area contributed by atoms with Crippen molar-refractivity contribution in [3.63, 3.8) is 0 Å². The van der Waals surface area contributed by atoms with Crippen LogP contribution < -0.4 is 0 Å². The fourth-order valence-electron chi connectivity index (χ4n) is 7.53. The predicted octanol–water partition coefficient (Wildman–Crippen LogP) is 12.4. The second-order valence-corrected chi connectivity index (χ2v) is 15.5. The number of rotatable bonds is 14.